The van der Waals surface area contributed by atoms with E-state index in [1.165, 1.54) is 12.3 Å². The van der Waals surface area contributed by atoms with E-state index in [0.29, 0.717) is 33.1 Å². The predicted octanol–water partition coefficient (Wildman–Crippen LogP) is 6.12. The van der Waals surface area contributed by atoms with Gasteiger partial charge in [-0.15, -0.1) is 0 Å². The minimum absolute atomic E-state index is 0.232. The summed E-state index contributed by atoms with van der Waals surface area (Å²) in [6, 6.07) is 15.2. The molecule has 5 nitrogen and oxygen atoms in total. The van der Waals surface area contributed by atoms with Crippen LogP contribution >= 0.6 is 34.8 Å². The smallest absolute Gasteiger partial charge is 0.412 e. The quantitative estimate of drug-likeness (QED) is 0.537. The molecule has 0 fully saturated rings. The van der Waals surface area contributed by atoms with Crippen molar-refractivity contribution in [2.45, 2.75) is 6.54 Å². The summed E-state index contributed by atoms with van der Waals surface area (Å²) in [5.74, 6) is 1.09. The zero-order chi connectivity index (χ0) is 19.2. The Kier molecular flexibility index (Phi) is 6.40. The number of carbonyl (C=O) groups excluding carboxylic acids is 1. The fourth-order valence-corrected chi connectivity index (χ4v) is 2.63. The summed E-state index contributed by atoms with van der Waals surface area (Å²) in [6.45, 7) is 0.331. The van der Waals surface area contributed by atoms with Crippen molar-refractivity contribution in [3.63, 3.8) is 0 Å². The molecule has 1 amide bonds. The van der Waals surface area contributed by atoms with Crippen LogP contribution in [0.2, 0.25) is 15.1 Å². The van der Waals surface area contributed by atoms with Crippen LogP contribution in [0.1, 0.15) is 5.56 Å². The van der Waals surface area contributed by atoms with E-state index in [2.05, 4.69) is 10.3 Å². The Bertz CT molecular complexity index is 932. The van der Waals surface area contributed by atoms with Crippen molar-refractivity contribution >= 4 is 40.9 Å². The topological polar surface area (TPSA) is 60.5 Å². The first-order chi connectivity index (χ1) is 13.0. The number of hydrogen-bond acceptors (Lipinski definition) is 4. The minimum atomic E-state index is -0.568. The lowest BCUT2D eigenvalue weighted by molar-refractivity contribution is 0.200. The van der Waals surface area contributed by atoms with Gasteiger partial charge in [0.05, 0.1) is 5.02 Å². The van der Waals surface area contributed by atoms with Crippen LogP contribution in [0.5, 0.6) is 17.4 Å². The second kappa shape index (κ2) is 8.95. The summed E-state index contributed by atoms with van der Waals surface area (Å²) in [7, 11) is 0. The molecule has 3 rings (SSSR count). The third-order valence-corrected chi connectivity index (χ3v) is 4.10. The number of nitrogens with one attached hydrogen (secondary N) is 1. The summed E-state index contributed by atoms with van der Waals surface area (Å²) in [6.07, 6.45) is 0.867. The number of rotatable bonds is 5. The number of benzene rings is 2. The average molecular weight is 424 g/mol. The van der Waals surface area contributed by atoms with E-state index in [1.807, 2.05) is 12.1 Å². The molecule has 0 saturated heterocycles. The Morgan fingerprint density at radius 2 is 1.59 bits per heavy atom. The molecule has 1 aromatic heterocycles. The third kappa shape index (κ3) is 5.76. The number of amides is 1. The summed E-state index contributed by atoms with van der Waals surface area (Å²) in [5.41, 5.74) is 0.910. The van der Waals surface area contributed by atoms with E-state index < -0.39 is 6.09 Å². The fourth-order valence-electron chi connectivity index (χ4n) is 2.08. The first-order valence-corrected chi connectivity index (χ1v) is 8.92. The van der Waals surface area contributed by atoms with E-state index in [-0.39, 0.29) is 5.88 Å². The number of halogens is 3. The van der Waals surface area contributed by atoms with Crippen LogP contribution in [0.3, 0.4) is 0 Å². The molecule has 2 aromatic carbocycles. The SMILES string of the molecule is O=C(NCc1ccc(Cl)cc1)Oc1ccc(Oc2ncc(Cl)cc2Cl)cc1. The maximum atomic E-state index is 11.9. The lowest BCUT2D eigenvalue weighted by Crippen LogP contribution is -2.26. The molecular formula is C19H13Cl3N2O3. The first kappa shape index (κ1) is 19.3. The molecule has 1 N–H and O–H groups in total. The maximum absolute atomic E-state index is 11.9. The Labute approximate surface area is 170 Å². The Hall–Kier alpha value is -2.47. The molecule has 0 aliphatic rings. The van der Waals surface area contributed by atoms with E-state index in [9.17, 15) is 4.79 Å². The van der Waals surface area contributed by atoms with Gasteiger partial charge in [0.15, 0.2) is 0 Å². The monoisotopic (exact) mass is 422 g/mol. The van der Waals surface area contributed by atoms with E-state index in [4.69, 9.17) is 44.3 Å². The third-order valence-electron chi connectivity index (χ3n) is 3.37. The van der Waals surface area contributed by atoms with Crippen LogP contribution < -0.4 is 14.8 Å². The van der Waals surface area contributed by atoms with Crippen molar-refractivity contribution in [3.05, 3.63) is 81.4 Å². The van der Waals surface area contributed by atoms with Crippen molar-refractivity contribution in [1.82, 2.24) is 10.3 Å². The second-order valence-corrected chi connectivity index (χ2v) is 6.66. The normalized spacial score (nSPS) is 10.3. The van der Waals surface area contributed by atoms with Gasteiger partial charge in [0.25, 0.3) is 0 Å². The van der Waals surface area contributed by atoms with E-state index in [1.54, 1.807) is 36.4 Å². The number of carbonyl (C=O) groups is 1. The minimum Gasteiger partial charge on any atom is -0.438 e. The largest absolute Gasteiger partial charge is 0.438 e. The molecule has 0 atom stereocenters. The number of nitrogens with zero attached hydrogens (tertiary/aromatic N) is 1. The van der Waals surface area contributed by atoms with E-state index >= 15 is 0 Å². The number of pyridine rings is 1. The summed E-state index contributed by atoms with van der Waals surface area (Å²) < 4.78 is 10.8. The number of ether oxygens (including phenoxy) is 2. The van der Waals surface area contributed by atoms with Crippen LogP contribution in [-0.2, 0) is 6.54 Å². The average Bonchev–Trinajstić information content (AvgIpc) is 2.65. The van der Waals surface area contributed by atoms with Gasteiger partial charge in [0.2, 0.25) is 5.88 Å². The highest BCUT2D eigenvalue weighted by Gasteiger charge is 2.08. The van der Waals surface area contributed by atoms with Crippen LogP contribution in [0.15, 0.2) is 60.8 Å². The highest BCUT2D eigenvalue weighted by molar-refractivity contribution is 6.35. The van der Waals surface area contributed by atoms with Gasteiger partial charge in [0, 0.05) is 17.8 Å². The molecule has 138 valence electrons. The standard InChI is InChI=1S/C19H13Cl3N2O3/c20-13-3-1-12(2-4-13)10-24-19(25)27-16-7-5-15(6-8-16)26-18-17(22)9-14(21)11-23-18/h1-9,11H,10H2,(H,24,25). The molecular weight excluding hydrogens is 411 g/mol. The molecule has 8 heteroatoms. The van der Waals surface area contributed by atoms with Crippen molar-refractivity contribution in [1.29, 1.82) is 0 Å². The summed E-state index contributed by atoms with van der Waals surface area (Å²) in [5, 5.41) is 4.01. The molecule has 0 radical (unpaired) electrons. The lowest BCUT2D eigenvalue weighted by atomic mass is 10.2. The van der Waals surface area contributed by atoms with Crippen LogP contribution in [0, 0.1) is 0 Å². The van der Waals surface area contributed by atoms with Gasteiger partial charge in [-0.05, 0) is 48.0 Å². The zero-order valence-corrected chi connectivity index (χ0v) is 16.1. The van der Waals surface area contributed by atoms with Gasteiger partial charge < -0.3 is 14.8 Å². The highest BCUT2D eigenvalue weighted by Crippen LogP contribution is 2.29. The Morgan fingerprint density at radius 1 is 0.926 bits per heavy atom. The first-order valence-electron chi connectivity index (χ1n) is 7.79. The zero-order valence-electron chi connectivity index (χ0n) is 13.8. The molecule has 1 heterocycles. The van der Waals surface area contributed by atoms with Crippen LogP contribution in [0.4, 0.5) is 4.79 Å². The lowest BCUT2D eigenvalue weighted by Gasteiger charge is -2.09. The molecule has 0 bridgehead atoms. The number of hydrogen-bond donors (Lipinski definition) is 1. The second-order valence-electron chi connectivity index (χ2n) is 5.38. The molecule has 0 aliphatic heterocycles. The molecule has 0 aliphatic carbocycles. The molecule has 0 spiro atoms. The van der Waals surface area contributed by atoms with Crippen molar-refractivity contribution < 1.29 is 14.3 Å². The Morgan fingerprint density at radius 3 is 2.26 bits per heavy atom. The van der Waals surface area contributed by atoms with Gasteiger partial charge in [-0.2, -0.15) is 0 Å². The van der Waals surface area contributed by atoms with Gasteiger partial charge >= 0.3 is 6.09 Å². The van der Waals surface area contributed by atoms with Crippen LogP contribution in [0.25, 0.3) is 0 Å². The van der Waals surface area contributed by atoms with E-state index in [0.717, 1.165) is 5.56 Å². The summed E-state index contributed by atoms with van der Waals surface area (Å²) >= 11 is 17.6. The summed E-state index contributed by atoms with van der Waals surface area (Å²) in [4.78, 5) is 15.9. The van der Waals surface area contributed by atoms with Crippen molar-refractivity contribution in [3.8, 4) is 17.4 Å². The molecule has 0 unspecified atom stereocenters. The fraction of sp³-hybridized carbons (Fsp3) is 0.0526. The molecule has 0 saturated carbocycles. The van der Waals surface area contributed by atoms with Crippen molar-refractivity contribution in [2.24, 2.45) is 0 Å². The van der Waals surface area contributed by atoms with Gasteiger partial charge in [-0.3, -0.25) is 0 Å². The predicted molar refractivity (Wildman–Crippen MR) is 105 cm³/mol. The van der Waals surface area contributed by atoms with Crippen LogP contribution in [-0.4, -0.2) is 11.1 Å². The van der Waals surface area contributed by atoms with Gasteiger partial charge in [0.1, 0.15) is 16.5 Å². The molecule has 27 heavy (non-hydrogen) atoms. The van der Waals surface area contributed by atoms with Crippen molar-refractivity contribution in [2.75, 3.05) is 0 Å². The highest BCUT2D eigenvalue weighted by atomic mass is 35.5. The van der Waals surface area contributed by atoms with Gasteiger partial charge in [-0.25, -0.2) is 9.78 Å². The molecule has 3 aromatic rings. The number of aromatic nitrogens is 1. The van der Waals surface area contributed by atoms with Gasteiger partial charge in [-0.1, -0.05) is 46.9 Å². The Balaban J connectivity index is 1.53. The maximum Gasteiger partial charge on any atom is 0.412 e.